The van der Waals surface area contributed by atoms with E-state index in [9.17, 15) is 4.79 Å². The normalized spacial score (nSPS) is 11.6. The molecule has 3 aromatic heterocycles. The second kappa shape index (κ2) is 7.53. The fraction of sp³-hybridized carbons (Fsp3) is 0.0769. The van der Waals surface area contributed by atoms with Gasteiger partial charge in [0.15, 0.2) is 11.3 Å². The van der Waals surface area contributed by atoms with Crippen LogP contribution in [0.2, 0.25) is 5.02 Å². The highest BCUT2D eigenvalue weighted by Crippen LogP contribution is 2.29. The molecule has 6 aromatic rings. The fourth-order valence-corrected chi connectivity index (χ4v) is 4.43. The third kappa shape index (κ3) is 3.10. The van der Waals surface area contributed by atoms with E-state index < -0.39 is 0 Å². The van der Waals surface area contributed by atoms with Crippen molar-refractivity contribution in [2.45, 2.75) is 13.5 Å². The van der Waals surface area contributed by atoms with E-state index in [0.717, 1.165) is 22.3 Å². The number of aryl methyl sites for hydroxylation is 1. The second-order valence-corrected chi connectivity index (χ2v) is 8.30. The van der Waals surface area contributed by atoms with E-state index in [-0.39, 0.29) is 5.56 Å². The molecule has 6 rings (SSSR count). The first-order chi connectivity index (χ1) is 16.1. The SMILES string of the molecule is Cc1nc2c(c(=O)n1Cc1ccccc1Cl)c1nc3ccccc3nc1n2-c1ccccc1. The Balaban J connectivity index is 1.73. The molecule has 3 aromatic carbocycles. The van der Waals surface area contributed by atoms with Crippen molar-refractivity contribution in [1.82, 2.24) is 24.1 Å². The fourth-order valence-electron chi connectivity index (χ4n) is 4.24. The topological polar surface area (TPSA) is 65.6 Å². The molecule has 0 aliphatic heterocycles. The molecule has 0 saturated heterocycles. The summed E-state index contributed by atoms with van der Waals surface area (Å²) in [6, 6.07) is 25.0. The molecule has 0 aliphatic carbocycles. The van der Waals surface area contributed by atoms with E-state index in [1.54, 1.807) is 4.57 Å². The zero-order valence-electron chi connectivity index (χ0n) is 17.7. The van der Waals surface area contributed by atoms with E-state index in [0.29, 0.717) is 39.6 Å². The highest BCUT2D eigenvalue weighted by molar-refractivity contribution is 6.31. The molecule has 0 N–H and O–H groups in total. The molecule has 0 saturated carbocycles. The summed E-state index contributed by atoms with van der Waals surface area (Å²) in [6.45, 7) is 2.16. The Hall–Kier alpha value is -4.03. The molecule has 6 nitrogen and oxygen atoms in total. The third-order valence-corrected chi connectivity index (χ3v) is 6.22. The Morgan fingerprint density at radius 2 is 1.45 bits per heavy atom. The van der Waals surface area contributed by atoms with Crippen LogP contribution in [0, 0.1) is 6.92 Å². The van der Waals surface area contributed by atoms with Gasteiger partial charge in [0.25, 0.3) is 5.56 Å². The van der Waals surface area contributed by atoms with Crippen molar-refractivity contribution in [3.05, 3.63) is 106 Å². The largest absolute Gasteiger partial charge is 0.292 e. The molecule has 0 bridgehead atoms. The van der Waals surface area contributed by atoms with Crippen LogP contribution < -0.4 is 5.56 Å². The van der Waals surface area contributed by atoms with Crippen LogP contribution in [0.5, 0.6) is 0 Å². The number of nitrogens with zero attached hydrogens (tertiary/aromatic N) is 5. The minimum Gasteiger partial charge on any atom is -0.292 e. The maximum Gasteiger partial charge on any atom is 0.265 e. The zero-order valence-corrected chi connectivity index (χ0v) is 18.5. The lowest BCUT2D eigenvalue weighted by Gasteiger charge is -2.12. The minimum atomic E-state index is -0.165. The number of hydrogen-bond acceptors (Lipinski definition) is 4. The lowest BCUT2D eigenvalue weighted by atomic mass is 10.2. The van der Waals surface area contributed by atoms with Crippen LogP contribution in [-0.2, 0) is 6.54 Å². The smallest absolute Gasteiger partial charge is 0.265 e. The average molecular weight is 452 g/mol. The van der Waals surface area contributed by atoms with Gasteiger partial charge in [-0.1, -0.05) is 60.1 Å². The highest BCUT2D eigenvalue weighted by Gasteiger charge is 2.22. The second-order valence-electron chi connectivity index (χ2n) is 7.90. The molecule has 0 amide bonds. The van der Waals surface area contributed by atoms with Gasteiger partial charge >= 0.3 is 0 Å². The summed E-state index contributed by atoms with van der Waals surface area (Å²) >= 11 is 6.38. The number of aromatic nitrogens is 5. The van der Waals surface area contributed by atoms with Gasteiger partial charge in [0.1, 0.15) is 16.7 Å². The minimum absolute atomic E-state index is 0.165. The monoisotopic (exact) mass is 451 g/mol. The molecular weight excluding hydrogens is 434 g/mol. The maximum atomic E-state index is 13.9. The van der Waals surface area contributed by atoms with E-state index in [4.69, 9.17) is 26.6 Å². The number of halogens is 1. The first-order valence-corrected chi connectivity index (χ1v) is 11.0. The molecule has 0 aliphatic rings. The first-order valence-electron chi connectivity index (χ1n) is 10.6. The van der Waals surface area contributed by atoms with Crippen LogP contribution in [-0.4, -0.2) is 24.1 Å². The summed E-state index contributed by atoms with van der Waals surface area (Å²) < 4.78 is 3.56. The number of para-hydroxylation sites is 3. The third-order valence-electron chi connectivity index (χ3n) is 5.85. The standard InChI is InChI=1S/C26H18ClN5O/c1-16-28-24-22(26(33)31(16)15-17-9-5-6-12-19(17)27)23-25(32(24)18-10-3-2-4-11-18)30-21-14-8-7-13-20(21)29-23/h2-14H,15H2,1H3. The van der Waals surface area contributed by atoms with Crippen LogP contribution >= 0.6 is 11.6 Å². The van der Waals surface area contributed by atoms with Gasteiger partial charge in [-0.25, -0.2) is 15.0 Å². The number of benzene rings is 3. The summed E-state index contributed by atoms with van der Waals surface area (Å²) in [5.74, 6) is 0.594. The van der Waals surface area contributed by atoms with Crippen molar-refractivity contribution in [3.8, 4) is 5.69 Å². The molecule has 160 valence electrons. The van der Waals surface area contributed by atoms with Gasteiger partial charge in [0.2, 0.25) is 0 Å². The summed E-state index contributed by atoms with van der Waals surface area (Å²) in [5, 5.41) is 1.06. The Bertz CT molecular complexity index is 1740. The Morgan fingerprint density at radius 3 is 2.21 bits per heavy atom. The van der Waals surface area contributed by atoms with Crippen molar-refractivity contribution < 1.29 is 0 Å². The summed E-state index contributed by atoms with van der Waals surface area (Å²) in [4.78, 5) is 28.5. The zero-order chi connectivity index (χ0) is 22.5. The summed E-state index contributed by atoms with van der Waals surface area (Å²) in [5.41, 5.74) is 4.75. The van der Waals surface area contributed by atoms with Crippen molar-refractivity contribution in [2.24, 2.45) is 0 Å². The quantitative estimate of drug-likeness (QED) is 0.366. The summed E-state index contributed by atoms with van der Waals surface area (Å²) in [7, 11) is 0. The molecule has 3 heterocycles. The molecule has 33 heavy (non-hydrogen) atoms. The number of hydrogen-bond donors (Lipinski definition) is 0. The van der Waals surface area contributed by atoms with E-state index in [1.807, 2.05) is 90.4 Å². The lowest BCUT2D eigenvalue weighted by Crippen LogP contribution is -2.24. The van der Waals surface area contributed by atoms with Crippen LogP contribution in [0.25, 0.3) is 38.9 Å². The van der Waals surface area contributed by atoms with Crippen LogP contribution in [0.1, 0.15) is 11.4 Å². The number of rotatable bonds is 3. The van der Waals surface area contributed by atoms with Gasteiger partial charge in [-0.2, -0.15) is 0 Å². The van der Waals surface area contributed by atoms with Gasteiger partial charge in [-0.15, -0.1) is 0 Å². The predicted molar refractivity (Wildman–Crippen MR) is 131 cm³/mol. The Morgan fingerprint density at radius 1 is 0.788 bits per heavy atom. The molecule has 0 atom stereocenters. The van der Waals surface area contributed by atoms with Crippen molar-refractivity contribution in [1.29, 1.82) is 0 Å². The number of fused-ring (bicyclic) bond motifs is 4. The Kier molecular flexibility index (Phi) is 4.48. The van der Waals surface area contributed by atoms with E-state index >= 15 is 0 Å². The lowest BCUT2D eigenvalue weighted by molar-refractivity contribution is 0.711. The molecular formula is C26H18ClN5O. The molecule has 0 fully saturated rings. The van der Waals surface area contributed by atoms with Crippen LogP contribution in [0.4, 0.5) is 0 Å². The van der Waals surface area contributed by atoms with Gasteiger partial charge in [-0.3, -0.25) is 13.9 Å². The van der Waals surface area contributed by atoms with Crippen molar-refractivity contribution in [2.75, 3.05) is 0 Å². The molecule has 0 spiro atoms. The molecule has 7 heteroatoms. The van der Waals surface area contributed by atoms with Gasteiger partial charge in [-0.05, 0) is 42.8 Å². The predicted octanol–water partition coefficient (Wildman–Crippen LogP) is 5.29. The average Bonchev–Trinajstić information content (AvgIpc) is 3.14. The molecule has 0 radical (unpaired) electrons. The molecule has 0 unspecified atom stereocenters. The van der Waals surface area contributed by atoms with E-state index in [2.05, 4.69) is 0 Å². The maximum absolute atomic E-state index is 13.9. The van der Waals surface area contributed by atoms with Crippen LogP contribution in [0.15, 0.2) is 83.7 Å². The first kappa shape index (κ1) is 19.6. The van der Waals surface area contributed by atoms with Crippen molar-refractivity contribution >= 4 is 44.8 Å². The Labute approximate surface area is 193 Å². The van der Waals surface area contributed by atoms with Gasteiger partial charge < -0.3 is 0 Å². The van der Waals surface area contributed by atoms with Gasteiger partial charge in [0.05, 0.1) is 17.6 Å². The highest BCUT2D eigenvalue weighted by atomic mass is 35.5. The van der Waals surface area contributed by atoms with Gasteiger partial charge in [0, 0.05) is 10.7 Å². The van der Waals surface area contributed by atoms with Crippen LogP contribution in [0.3, 0.4) is 0 Å². The summed E-state index contributed by atoms with van der Waals surface area (Å²) in [6.07, 6.45) is 0. The van der Waals surface area contributed by atoms with E-state index in [1.165, 1.54) is 0 Å². The van der Waals surface area contributed by atoms with Crippen molar-refractivity contribution in [3.63, 3.8) is 0 Å².